The maximum absolute atomic E-state index is 4.41. The molecule has 1 unspecified atom stereocenters. The molecule has 1 aromatic heterocycles. The Balaban J connectivity index is 1.83. The van der Waals surface area contributed by atoms with Crippen molar-refractivity contribution in [2.45, 2.75) is 32.7 Å². The lowest BCUT2D eigenvalue weighted by Crippen LogP contribution is -2.53. The van der Waals surface area contributed by atoms with E-state index in [1.807, 2.05) is 6.20 Å². The summed E-state index contributed by atoms with van der Waals surface area (Å²) in [7, 11) is 0. The molecule has 4 nitrogen and oxygen atoms in total. The Morgan fingerprint density at radius 1 is 1.32 bits per heavy atom. The van der Waals surface area contributed by atoms with E-state index in [2.05, 4.69) is 39.3 Å². The number of nitrogens with one attached hydrogen (secondary N) is 1. The monoisotopic (exact) mass is 282 g/mol. The van der Waals surface area contributed by atoms with Crippen molar-refractivity contribution in [3.63, 3.8) is 0 Å². The normalized spacial score (nSPS) is 18.7. The second-order valence-corrected chi connectivity index (χ2v) is 5.96. The van der Waals surface area contributed by atoms with Gasteiger partial charge in [-0.1, -0.05) is 20.3 Å². The maximum atomic E-state index is 4.41. The SMILES string of the molecule is CCCC(CNCC)N1CCN(c2nccs2)CC1. The quantitative estimate of drug-likeness (QED) is 0.829. The molecular formula is C14H26N4S. The first-order chi connectivity index (χ1) is 9.35. The van der Waals surface area contributed by atoms with Crippen molar-refractivity contribution in [3.8, 4) is 0 Å². The zero-order valence-corrected chi connectivity index (χ0v) is 13.0. The Morgan fingerprint density at radius 2 is 2.11 bits per heavy atom. The van der Waals surface area contributed by atoms with Gasteiger partial charge in [0.15, 0.2) is 5.13 Å². The van der Waals surface area contributed by atoms with Crippen LogP contribution in [0.5, 0.6) is 0 Å². The standard InChI is InChI=1S/C14H26N4S/c1-3-5-13(12-15-4-2)17-7-9-18(10-8-17)14-16-6-11-19-14/h6,11,13,15H,3-5,7-10,12H2,1-2H3. The molecule has 0 saturated carbocycles. The summed E-state index contributed by atoms with van der Waals surface area (Å²) in [6, 6.07) is 0.698. The van der Waals surface area contributed by atoms with Gasteiger partial charge in [-0.2, -0.15) is 0 Å². The lowest BCUT2D eigenvalue weighted by Gasteiger charge is -2.39. The molecule has 0 spiro atoms. The van der Waals surface area contributed by atoms with Crippen LogP contribution in [0.4, 0.5) is 5.13 Å². The second kappa shape index (κ2) is 7.82. The van der Waals surface area contributed by atoms with Crippen molar-refractivity contribution >= 4 is 16.5 Å². The molecule has 2 rings (SSSR count). The van der Waals surface area contributed by atoms with Crippen molar-refractivity contribution < 1.29 is 0 Å². The zero-order chi connectivity index (χ0) is 13.5. The van der Waals surface area contributed by atoms with Crippen molar-refractivity contribution in [3.05, 3.63) is 11.6 Å². The summed E-state index contributed by atoms with van der Waals surface area (Å²) in [5.74, 6) is 0. The molecule has 1 fully saturated rings. The fourth-order valence-corrected chi connectivity index (χ4v) is 3.41. The van der Waals surface area contributed by atoms with Crippen molar-refractivity contribution in [1.29, 1.82) is 0 Å². The van der Waals surface area contributed by atoms with Crippen molar-refractivity contribution in [2.24, 2.45) is 0 Å². The Bertz CT molecular complexity index is 333. The number of nitrogens with zero attached hydrogens (tertiary/aromatic N) is 3. The van der Waals surface area contributed by atoms with E-state index < -0.39 is 0 Å². The van der Waals surface area contributed by atoms with E-state index in [-0.39, 0.29) is 0 Å². The third-order valence-corrected chi connectivity index (χ3v) is 4.60. The number of aromatic nitrogens is 1. The van der Waals surface area contributed by atoms with Gasteiger partial charge in [0, 0.05) is 50.3 Å². The molecule has 0 aliphatic carbocycles. The van der Waals surface area contributed by atoms with Gasteiger partial charge in [-0.15, -0.1) is 11.3 Å². The summed E-state index contributed by atoms with van der Waals surface area (Å²) in [6.45, 7) is 11.2. The van der Waals surface area contributed by atoms with Gasteiger partial charge in [-0.3, -0.25) is 4.90 Å². The highest BCUT2D eigenvalue weighted by molar-refractivity contribution is 7.13. The van der Waals surface area contributed by atoms with Gasteiger partial charge in [0.25, 0.3) is 0 Å². The summed E-state index contributed by atoms with van der Waals surface area (Å²) in [6.07, 6.45) is 4.46. The van der Waals surface area contributed by atoms with Crippen LogP contribution in [-0.2, 0) is 0 Å². The van der Waals surface area contributed by atoms with E-state index >= 15 is 0 Å². The number of hydrogen-bond donors (Lipinski definition) is 1. The summed E-state index contributed by atoms with van der Waals surface area (Å²) in [5.41, 5.74) is 0. The highest BCUT2D eigenvalue weighted by Crippen LogP contribution is 2.20. The van der Waals surface area contributed by atoms with Gasteiger partial charge < -0.3 is 10.2 Å². The van der Waals surface area contributed by atoms with E-state index in [1.165, 1.54) is 18.0 Å². The molecule has 19 heavy (non-hydrogen) atoms. The Labute approximate surface area is 120 Å². The molecule has 0 bridgehead atoms. The average Bonchev–Trinajstić information content (AvgIpc) is 2.98. The molecule has 1 aliphatic rings. The van der Waals surface area contributed by atoms with Crippen LogP contribution in [0.2, 0.25) is 0 Å². The summed E-state index contributed by atoms with van der Waals surface area (Å²) in [4.78, 5) is 9.47. The topological polar surface area (TPSA) is 31.4 Å². The molecule has 1 aliphatic heterocycles. The largest absolute Gasteiger partial charge is 0.346 e. The molecule has 2 heterocycles. The summed E-state index contributed by atoms with van der Waals surface area (Å²) in [5, 5.41) is 6.74. The lowest BCUT2D eigenvalue weighted by molar-refractivity contribution is 0.172. The van der Waals surface area contributed by atoms with Crippen molar-refractivity contribution in [2.75, 3.05) is 44.2 Å². The lowest BCUT2D eigenvalue weighted by atomic mass is 10.1. The molecule has 5 heteroatoms. The van der Waals surface area contributed by atoms with Crippen LogP contribution in [0.15, 0.2) is 11.6 Å². The second-order valence-electron chi connectivity index (χ2n) is 5.09. The van der Waals surface area contributed by atoms with Gasteiger partial charge in [-0.05, 0) is 13.0 Å². The molecule has 0 aromatic carbocycles. The smallest absolute Gasteiger partial charge is 0.185 e. The van der Waals surface area contributed by atoms with Crippen LogP contribution in [0.1, 0.15) is 26.7 Å². The number of likely N-dealkylation sites (N-methyl/N-ethyl adjacent to an activating group) is 1. The fourth-order valence-electron chi connectivity index (χ4n) is 2.71. The van der Waals surface area contributed by atoms with E-state index in [1.54, 1.807) is 11.3 Å². The van der Waals surface area contributed by atoms with Crippen LogP contribution in [0.25, 0.3) is 0 Å². The van der Waals surface area contributed by atoms with E-state index in [9.17, 15) is 0 Å². The Hall–Kier alpha value is -0.650. The number of piperazine rings is 1. The van der Waals surface area contributed by atoms with Gasteiger partial charge in [0.1, 0.15) is 0 Å². The number of anilines is 1. The first-order valence-corrected chi connectivity index (χ1v) is 8.32. The minimum absolute atomic E-state index is 0.698. The first-order valence-electron chi connectivity index (χ1n) is 7.44. The number of hydrogen-bond acceptors (Lipinski definition) is 5. The first kappa shape index (κ1) is 14.8. The summed E-state index contributed by atoms with van der Waals surface area (Å²) < 4.78 is 0. The van der Waals surface area contributed by atoms with Crippen LogP contribution in [0, 0.1) is 0 Å². The highest BCUT2D eigenvalue weighted by atomic mass is 32.1. The molecular weight excluding hydrogens is 256 g/mol. The Kier molecular flexibility index (Phi) is 6.07. The van der Waals surface area contributed by atoms with Gasteiger partial charge in [0.05, 0.1) is 0 Å². The van der Waals surface area contributed by atoms with Gasteiger partial charge >= 0.3 is 0 Å². The third-order valence-electron chi connectivity index (χ3n) is 3.77. The van der Waals surface area contributed by atoms with Gasteiger partial charge in [0.2, 0.25) is 0 Å². The Morgan fingerprint density at radius 3 is 2.68 bits per heavy atom. The van der Waals surface area contributed by atoms with Crippen LogP contribution in [0.3, 0.4) is 0 Å². The predicted octanol–water partition coefficient (Wildman–Crippen LogP) is 2.04. The molecule has 0 radical (unpaired) electrons. The minimum atomic E-state index is 0.698. The van der Waals surface area contributed by atoms with Gasteiger partial charge in [-0.25, -0.2) is 4.98 Å². The minimum Gasteiger partial charge on any atom is -0.346 e. The van der Waals surface area contributed by atoms with Crippen LogP contribution < -0.4 is 10.2 Å². The molecule has 108 valence electrons. The van der Waals surface area contributed by atoms with E-state index in [0.29, 0.717) is 6.04 Å². The summed E-state index contributed by atoms with van der Waals surface area (Å²) >= 11 is 1.75. The van der Waals surface area contributed by atoms with Crippen LogP contribution >= 0.6 is 11.3 Å². The third kappa shape index (κ3) is 4.16. The molecule has 1 atom stereocenters. The zero-order valence-electron chi connectivity index (χ0n) is 12.1. The van der Waals surface area contributed by atoms with E-state index in [4.69, 9.17) is 0 Å². The predicted molar refractivity (Wildman–Crippen MR) is 83.1 cm³/mol. The molecule has 1 N–H and O–H groups in total. The highest BCUT2D eigenvalue weighted by Gasteiger charge is 2.23. The molecule has 1 saturated heterocycles. The van der Waals surface area contributed by atoms with Crippen molar-refractivity contribution in [1.82, 2.24) is 15.2 Å². The fraction of sp³-hybridized carbons (Fsp3) is 0.786. The number of thiazole rings is 1. The van der Waals surface area contributed by atoms with Crippen LogP contribution in [-0.4, -0.2) is 55.2 Å². The van der Waals surface area contributed by atoms with E-state index in [0.717, 1.165) is 39.3 Å². The number of rotatable bonds is 7. The molecule has 0 amide bonds. The maximum Gasteiger partial charge on any atom is 0.185 e. The average molecular weight is 282 g/mol. The molecule has 1 aromatic rings.